The third-order valence-electron chi connectivity index (χ3n) is 4.74. The highest BCUT2D eigenvalue weighted by Gasteiger charge is 2.39. The quantitative estimate of drug-likeness (QED) is 0.759. The van der Waals surface area contributed by atoms with Crippen molar-refractivity contribution in [2.24, 2.45) is 5.92 Å². The number of halogens is 1. The normalized spacial score (nSPS) is 26.1. The standard InChI is InChI=1S/C18H17ClN2/c1-11-5-6-15(19)16-13-3-2-4-14(13)18(21-17(11)16)12-7-9-20-10-8-12/h2-3,5-10,13-14,18,21H,4H2,1H3/t13?,14?,18-/m1/s1. The van der Waals surface area contributed by atoms with Gasteiger partial charge in [-0.25, -0.2) is 0 Å². The summed E-state index contributed by atoms with van der Waals surface area (Å²) in [5, 5.41) is 4.61. The van der Waals surface area contributed by atoms with E-state index in [9.17, 15) is 0 Å². The maximum absolute atomic E-state index is 6.49. The van der Waals surface area contributed by atoms with E-state index in [1.165, 1.54) is 22.4 Å². The van der Waals surface area contributed by atoms with E-state index in [4.69, 9.17) is 11.6 Å². The predicted octanol–water partition coefficient (Wildman–Crippen LogP) is 4.87. The van der Waals surface area contributed by atoms with Crippen LogP contribution in [0.3, 0.4) is 0 Å². The lowest BCUT2D eigenvalue weighted by Gasteiger charge is -2.38. The molecule has 2 unspecified atom stereocenters. The Hall–Kier alpha value is -1.80. The first-order valence-electron chi connectivity index (χ1n) is 7.38. The number of benzene rings is 1. The highest BCUT2D eigenvalue weighted by Crippen LogP contribution is 2.52. The van der Waals surface area contributed by atoms with Gasteiger partial charge in [-0.3, -0.25) is 4.98 Å². The molecule has 0 saturated carbocycles. The van der Waals surface area contributed by atoms with Crippen LogP contribution in [0.15, 0.2) is 48.8 Å². The first kappa shape index (κ1) is 12.9. The summed E-state index contributed by atoms with van der Waals surface area (Å²) in [7, 11) is 0. The highest BCUT2D eigenvalue weighted by molar-refractivity contribution is 6.32. The Morgan fingerprint density at radius 2 is 2.00 bits per heavy atom. The fraction of sp³-hybridized carbons (Fsp3) is 0.278. The molecule has 0 bridgehead atoms. The minimum Gasteiger partial charge on any atom is -0.377 e. The van der Waals surface area contributed by atoms with Crippen LogP contribution in [-0.4, -0.2) is 4.98 Å². The molecule has 1 aromatic heterocycles. The van der Waals surface area contributed by atoms with Crippen molar-refractivity contribution in [3.63, 3.8) is 0 Å². The Bertz CT molecular complexity index is 709. The third-order valence-corrected chi connectivity index (χ3v) is 5.07. The second-order valence-corrected chi connectivity index (χ2v) is 6.32. The number of anilines is 1. The molecule has 2 aromatic rings. The van der Waals surface area contributed by atoms with Gasteiger partial charge in [-0.2, -0.15) is 0 Å². The molecule has 2 nitrogen and oxygen atoms in total. The average molecular weight is 297 g/mol. The fourth-order valence-electron chi connectivity index (χ4n) is 3.71. The van der Waals surface area contributed by atoms with E-state index in [0.717, 1.165) is 11.4 Å². The Labute approximate surface area is 129 Å². The van der Waals surface area contributed by atoms with Crippen LogP contribution in [-0.2, 0) is 0 Å². The zero-order valence-electron chi connectivity index (χ0n) is 11.9. The van der Waals surface area contributed by atoms with Crippen LogP contribution in [0.2, 0.25) is 5.02 Å². The maximum Gasteiger partial charge on any atom is 0.0555 e. The summed E-state index contributed by atoms with van der Waals surface area (Å²) in [5.41, 5.74) is 5.03. The van der Waals surface area contributed by atoms with Crippen LogP contribution in [0.4, 0.5) is 5.69 Å². The van der Waals surface area contributed by atoms with Crippen LogP contribution in [0, 0.1) is 12.8 Å². The Balaban J connectivity index is 1.86. The van der Waals surface area contributed by atoms with Crippen LogP contribution in [0.1, 0.15) is 35.1 Å². The van der Waals surface area contributed by atoms with Crippen LogP contribution < -0.4 is 5.32 Å². The van der Waals surface area contributed by atoms with Crippen molar-refractivity contribution < 1.29 is 0 Å². The second-order valence-electron chi connectivity index (χ2n) is 5.91. The average Bonchev–Trinajstić information content (AvgIpc) is 3.00. The number of aromatic nitrogens is 1. The van der Waals surface area contributed by atoms with Crippen molar-refractivity contribution in [1.82, 2.24) is 4.98 Å². The Kier molecular flexibility index (Phi) is 3.00. The number of allylic oxidation sites excluding steroid dienone is 2. The van der Waals surface area contributed by atoms with Gasteiger partial charge in [-0.15, -0.1) is 0 Å². The van der Waals surface area contributed by atoms with Gasteiger partial charge in [-0.05, 0) is 48.6 Å². The molecule has 1 aromatic carbocycles. The number of hydrogen-bond acceptors (Lipinski definition) is 2. The minimum atomic E-state index is 0.317. The molecule has 1 aliphatic carbocycles. The summed E-state index contributed by atoms with van der Waals surface area (Å²) in [6.45, 7) is 2.14. The lowest BCUT2D eigenvalue weighted by atomic mass is 9.76. The molecule has 0 amide bonds. The van der Waals surface area contributed by atoms with Gasteiger partial charge < -0.3 is 5.32 Å². The van der Waals surface area contributed by atoms with E-state index >= 15 is 0 Å². The van der Waals surface area contributed by atoms with Crippen molar-refractivity contribution in [2.75, 3.05) is 5.32 Å². The molecule has 2 heterocycles. The van der Waals surface area contributed by atoms with Crippen molar-refractivity contribution in [1.29, 1.82) is 0 Å². The molecule has 106 valence electrons. The van der Waals surface area contributed by atoms with Gasteiger partial charge in [0.15, 0.2) is 0 Å². The minimum absolute atomic E-state index is 0.317. The number of pyridine rings is 1. The maximum atomic E-state index is 6.49. The largest absolute Gasteiger partial charge is 0.377 e. The molecule has 0 radical (unpaired) electrons. The van der Waals surface area contributed by atoms with Gasteiger partial charge >= 0.3 is 0 Å². The number of nitrogens with zero attached hydrogens (tertiary/aromatic N) is 1. The molecule has 0 fully saturated rings. The summed E-state index contributed by atoms with van der Waals surface area (Å²) < 4.78 is 0. The molecular weight excluding hydrogens is 280 g/mol. The number of fused-ring (bicyclic) bond motifs is 3. The highest BCUT2D eigenvalue weighted by atomic mass is 35.5. The van der Waals surface area contributed by atoms with Crippen molar-refractivity contribution in [3.05, 3.63) is 70.5 Å². The molecule has 0 saturated heterocycles. The van der Waals surface area contributed by atoms with E-state index in [0.29, 0.717) is 17.9 Å². The topological polar surface area (TPSA) is 24.9 Å². The number of rotatable bonds is 1. The van der Waals surface area contributed by atoms with Gasteiger partial charge in [-0.1, -0.05) is 29.8 Å². The molecule has 2 aliphatic rings. The summed E-state index contributed by atoms with van der Waals surface area (Å²) >= 11 is 6.49. The van der Waals surface area contributed by atoms with Crippen molar-refractivity contribution in [2.45, 2.75) is 25.3 Å². The Morgan fingerprint density at radius 3 is 2.81 bits per heavy atom. The van der Waals surface area contributed by atoms with Gasteiger partial charge in [0.05, 0.1) is 6.04 Å². The molecular formula is C18H17ClN2. The summed E-state index contributed by atoms with van der Waals surface area (Å²) in [6, 6.07) is 8.65. The van der Waals surface area contributed by atoms with E-state index in [1.54, 1.807) is 0 Å². The van der Waals surface area contributed by atoms with E-state index in [-0.39, 0.29) is 0 Å². The zero-order chi connectivity index (χ0) is 14.4. The monoisotopic (exact) mass is 296 g/mol. The summed E-state index contributed by atoms with van der Waals surface area (Å²) in [4.78, 5) is 4.14. The van der Waals surface area contributed by atoms with Gasteiger partial charge in [0.25, 0.3) is 0 Å². The SMILES string of the molecule is Cc1ccc(Cl)c2c1N[C@H](c1ccncc1)C1CC=CC21. The van der Waals surface area contributed by atoms with Gasteiger partial charge in [0.1, 0.15) is 0 Å². The van der Waals surface area contributed by atoms with E-state index in [1.807, 2.05) is 18.5 Å². The van der Waals surface area contributed by atoms with Crippen LogP contribution in [0.5, 0.6) is 0 Å². The third kappa shape index (κ3) is 1.97. The Morgan fingerprint density at radius 1 is 1.19 bits per heavy atom. The smallest absolute Gasteiger partial charge is 0.0555 e. The molecule has 1 aliphatic heterocycles. The summed E-state index contributed by atoms with van der Waals surface area (Å²) in [5.74, 6) is 0.936. The fourth-order valence-corrected chi connectivity index (χ4v) is 3.99. The summed E-state index contributed by atoms with van der Waals surface area (Å²) in [6.07, 6.45) is 9.45. The second kappa shape index (κ2) is 4.88. The number of nitrogens with one attached hydrogen (secondary N) is 1. The van der Waals surface area contributed by atoms with Gasteiger partial charge in [0.2, 0.25) is 0 Å². The molecule has 3 atom stereocenters. The predicted molar refractivity (Wildman–Crippen MR) is 86.8 cm³/mol. The first-order valence-corrected chi connectivity index (χ1v) is 7.75. The molecule has 4 rings (SSSR count). The van der Waals surface area contributed by atoms with Crippen LogP contribution in [0.25, 0.3) is 0 Å². The molecule has 21 heavy (non-hydrogen) atoms. The lowest BCUT2D eigenvalue weighted by molar-refractivity contribution is 0.425. The molecule has 1 N–H and O–H groups in total. The lowest BCUT2D eigenvalue weighted by Crippen LogP contribution is -2.29. The van der Waals surface area contributed by atoms with Crippen molar-refractivity contribution in [3.8, 4) is 0 Å². The molecule has 3 heteroatoms. The van der Waals surface area contributed by atoms with Gasteiger partial charge in [0, 0.05) is 34.6 Å². The first-order chi connectivity index (χ1) is 10.3. The molecule has 0 spiro atoms. The van der Waals surface area contributed by atoms with Crippen LogP contribution >= 0.6 is 11.6 Å². The zero-order valence-corrected chi connectivity index (χ0v) is 12.6. The number of hydrogen-bond donors (Lipinski definition) is 1. The number of aryl methyl sites for hydroxylation is 1. The van der Waals surface area contributed by atoms with E-state index < -0.39 is 0 Å². The van der Waals surface area contributed by atoms with E-state index in [2.05, 4.69) is 47.6 Å². The van der Waals surface area contributed by atoms with Crippen molar-refractivity contribution >= 4 is 17.3 Å².